The molecule has 0 fully saturated rings. The third-order valence-electron chi connectivity index (χ3n) is 2.30. The summed E-state index contributed by atoms with van der Waals surface area (Å²) in [6, 6.07) is 9.59. The van der Waals surface area contributed by atoms with E-state index in [1.165, 1.54) is 12.3 Å². The summed E-state index contributed by atoms with van der Waals surface area (Å²) in [4.78, 5) is 4.14. The van der Waals surface area contributed by atoms with Crippen molar-refractivity contribution in [3.05, 3.63) is 52.0 Å². The third kappa shape index (κ3) is 2.75. The lowest BCUT2D eigenvalue weighted by molar-refractivity contribution is 0.403. The van der Waals surface area contributed by atoms with E-state index in [4.69, 9.17) is 23.2 Å². The van der Waals surface area contributed by atoms with Crippen LogP contribution in [0.1, 0.15) is 5.56 Å². The molecular weight excluding hydrogens is 273 g/mol. The van der Waals surface area contributed by atoms with Crippen LogP contribution < -0.4 is 0 Å². The summed E-state index contributed by atoms with van der Waals surface area (Å²) < 4.78 is 0. The Morgan fingerprint density at radius 1 is 1.00 bits per heavy atom. The zero-order valence-corrected chi connectivity index (χ0v) is 10.7. The second-order valence-corrected chi connectivity index (χ2v) is 4.39. The number of benzene rings is 2. The number of hydrogen-bond acceptors (Lipinski definition) is 3. The first kappa shape index (κ1) is 12.7. The van der Waals surface area contributed by atoms with Crippen molar-refractivity contribution in [1.82, 2.24) is 0 Å². The van der Waals surface area contributed by atoms with Crippen molar-refractivity contribution in [3.8, 4) is 11.5 Å². The number of nitrogens with zero attached hydrogens (tertiary/aromatic N) is 1. The maximum Gasteiger partial charge on any atom is 0.166 e. The molecule has 0 aromatic heterocycles. The highest BCUT2D eigenvalue weighted by Crippen LogP contribution is 2.29. The summed E-state index contributed by atoms with van der Waals surface area (Å²) in [5, 5.41) is 19.8. The molecule has 0 aliphatic heterocycles. The van der Waals surface area contributed by atoms with Gasteiger partial charge in [-0.1, -0.05) is 29.3 Å². The van der Waals surface area contributed by atoms with E-state index < -0.39 is 0 Å². The smallest absolute Gasteiger partial charge is 0.166 e. The Bertz CT molecular complexity index is 612. The molecule has 0 radical (unpaired) electrons. The molecule has 5 heteroatoms. The van der Waals surface area contributed by atoms with E-state index in [0.717, 1.165) is 0 Å². The Morgan fingerprint density at radius 3 is 2.50 bits per heavy atom. The summed E-state index contributed by atoms with van der Waals surface area (Å²) in [7, 11) is 0. The van der Waals surface area contributed by atoms with Gasteiger partial charge in [0, 0.05) is 11.8 Å². The molecule has 3 nitrogen and oxygen atoms in total. The molecule has 0 saturated heterocycles. The van der Waals surface area contributed by atoms with Gasteiger partial charge >= 0.3 is 0 Å². The van der Waals surface area contributed by atoms with Crippen LogP contribution in [-0.4, -0.2) is 16.4 Å². The first-order valence-corrected chi connectivity index (χ1v) is 5.83. The van der Waals surface area contributed by atoms with Gasteiger partial charge in [-0.25, -0.2) is 0 Å². The average molecular weight is 282 g/mol. The van der Waals surface area contributed by atoms with Crippen LogP contribution in [0, 0.1) is 0 Å². The van der Waals surface area contributed by atoms with Crippen molar-refractivity contribution >= 4 is 35.1 Å². The summed E-state index contributed by atoms with van der Waals surface area (Å²) in [5.74, 6) is -0.394. The van der Waals surface area contributed by atoms with Gasteiger partial charge in [0.25, 0.3) is 0 Å². The maximum absolute atomic E-state index is 9.59. The average Bonchev–Trinajstić information content (AvgIpc) is 2.35. The van der Waals surface area contributed by atoms with Crippen molar-refractivity contribution in [2.45, 2.75) is 0 Å². The van der Waals surface area contributed by atoms with Gasteiger partial charge in [0.1, 0.15) is 0 Å². The van der Waals surface area contributed by atoms with E-state index >= 15 is 0 Å². The molecule has 0 heterocycles. The zero-order chi connectivity index (χ0) is 13.1. The van der Waals surface area contributed by atoms with Crippen molar-refractivity contribution < 1.29 is 10.2 Å². The molecule has 0 aliphatic carbocycles. The van der Waals surface area contributed by atoms with Crippen molar-refractivity contribution in [1.29, 1.82) is 0 Å². The largest absolute Gasteiger partial charge is 0.504 e. The van der Waals surface area contributed by atoms with Gasteiger partial charge in [-0.05, 0) is 30.3 Å². The Kier molecular flexibility index (Phi) is 3.75. The van der Waals surface area contributed by atoms with Crippen LogP contribution in [-0.2, 0) is 0 Å². The highest BCUT2D eigenvalue weighted by Gasteiger charge is 2.03. The number of phenols is 2. The molecule has 0 bridgehead atoms. The van der Waals surface area contributed by atoms with Crippen LogP contribution in [0.3, 0.4) is 0 Å². The number of para-hydroxylation sites is 1. The third-order valence-corrected chi connectivity index (χ3v) is 3.04. The number of halogens is 2. The summed E-state index contributed by atoms with van der Waals surface area (Å²) in [5.41, 5.74) is 1.02. The molecule has 0 saturated carbocycles. The fraction of sp³-hybridized carbons (Fsp3) is 0. The molecule has 2 rings (SSSR count). The lowest BCUT2D eigenvalue weighted by atomic mass is 10.2. The molecule has 0 atom stereocenters. The minimum atomic E-state index is -0.207. The number of aliphatic imine (C=N–C) groups is 1. The number of hydrogen-bond donors (Lipinski definition) is 2. The highest BCUT2D eigenvalue weighted by atomic mass is 35.5. The molecule has 2 aromatic rings. The molecule has 2 aromatic carbocycles. The second kappa shape index (κ2) is 5.29. The van der Waals surface area contributed by atoms with Gasteiger partial charge in [-0.3, -0.25) is 4.99 Å². The fourth-order valence-corrected chi connectivity index (χ4v) is 1.65. The standard InChI is InChI=1S/C13H9Cl2NO2/c14-10-5-4-9(6-11(10)15)16-7-8-2-1-3-12(17)13(8)18/h1-7,17-18H. The topological polar surface area (TPSA) is 52.8 Å². The minimum absolute atomic E-state index is 0.187. The molecule has 0 aliphatic rings. The minimum Gasteiger partial charge on any atom is -0.504 e. The van der Waals surface area contributed by atoms with Crippen molar-refractivity contribution in [3.63, 3.8) is 0 Å². The molecule has 18 heavy (non-hydrogen) atoms. The first-order chi connectivity index (χ1) is 8.58. The van der Waals surface area contributed by atoms with Gasteiger partial charge in [-0.15, -0.1) is 0 Å². The Hall–Kier alpha value is -1.71. The maximum atomic E-state index is 9.59. The predicted octanol–water partition coefficient (Wildman–Crippen LogP) is 4.16. The lowest BCUT2D eigenvalue weighted by Crippen LogP contribution is -1.82. The van der Waals surface area contributed by atoms with E-state index in [1.807, 2.05) is 0 Å². The van der Waals surface area contributed by atoms with E-state index in [0.29, 0.717) is 21.3 Å². The van der Waals surface area contributed by atoms with Crippen LogP contribution in [0.15, 0.2) is 41.4 Å². The normalized spacial score (nSPS) is 11.0. The molecule has 0 spiro atoms. The Labute approximate surface area is 114 Å². The molecule has 0 unspecified atom stereocenters. The quantitative estimate of drug-likeness (QED) is 0.642. The summed E-state index contributed by atoms with van der Waals surface area (Å²) >= 11 is 11.6. The van der Waals surface area contributed by atoms with Gasteiger partial charge in [0.2, 0.25) is 0 Å². The predicted molar refractivity (Wildman–Crippen MR) is 73.5 cm³/mol. The first-order valence-electron chi connectivity index (χ1n) is 5.08. The molecular formula is C13H9Cl2NO2. The summed E-state index contributed by atoms with van der Waals surface area (Å²) in [6.07, 6.45) is 1.44. The lowest BCUT2D eigenvalue weighted by Gasteiger charge is -2.01. The van der Waals surface area contributed by atoms with Gasteiger partial charge in [0.15, 0.2) is 11.5 Å². The van der Waals surface area contributed by atoms with Crippen LogP contribution in [0.2, 0.25) is 10.0 Å². The zero-order valence-electron chi connectivity index (χ0n) is 9.14. The van der Waals surface area contributed by atoms with Crippen molar-refractivity contribution in [2.75, 3.05) is 0 Å². The van der Waals surface area contributed by atoms with Crippen LogP contribution in [0.4, 0.5) is 5.69 Å². The number of rotatable bonds is 2. The van der Waals surface area contributed by atoms with Gasteiger partial charge < -0.3 is 10.2 Å². The number of aromatic hydroxyl groups is 2. The number of phenolic OH excluding ortho intramolecular Hbond substituents is 2. The Balaban J connectivity index is 2.30. The van der Waals surface area contributed by atoms with Crippen LogP contribution in [0.5, 0.6) is 11.5 Å². The van der Waals surface area contributed by atoms with Crippen LogP contribution in [0.25, 0.3) is 0 Å². The van der Waals surface area contributed by atoms with Crippen LogP contribution >= 0.6 is 23.2 Å². The fourth-order valence-electron chi connectivity index (χ4n) is 1.36. The van der Waals surface area contributed by atoms with Gasteiger partial charge in [0.05, 0.1) is 15.7 Å². The van der Waals surface area contributed by atoms with Gasteiger partial charge in [-0.2, -0.15) is 0 Å². The summed E-state index contributed by atoms with van der Waals surface area (Å²) in [6.45, 7) is 0. The molecule has 2 N–H and O–H groups in total. The van der Waals surface area contributed by atoms with Crippen molar-refractivity contribution in [2.24, 2.45) is 4.99 Å². The van der Waals surface area contributed by atoms with E-state index in [2.05, 4.69) is 4.99 Å². The highest BCUT2D eigenvalue weighted by molar-refractivity contribution is 6.42. The molecule has 92 valence electrons. The Morgan fingerprint density at radius 2 is 1.78 bits per heavy atom. The monoisotopic (exact) mass is 281 g/mol. The van der Waals surface area contributed by atoms with E-state index in [9.17, 15) is 10.2 Å². The van der Waals surface area contributed by atoms with E-state index in [1.54, 1.807) is 30.3 Å². The SMILES string of the molecule is Oc1cccc(C=Nc2ccc(Cl)c(Cl)c2)c1O. The second-order valence-electron chi connectivity index (χ2n) is 3.57. The van der Waals surface area contributed by atoms with E-state index in [-0.39, 0.29) is 11.5 Å². The molecule has 0 amide bonds.